The SMILES string of the molecule is COC(=O)c1cc(C#N)cc(C)c1CO. The molecule has 0 fully saturated rings. The van der Waals surface area contributed by atoms with Crippen LogP contribution in [0.4, 0.5) is 0 Å². The summed E-state index contributed by atoms with van der Waals surface area (Å²) in [5.41, 5.74) is 1.83. The number of hydrogen-bond donors (Lipinski definition) is 1. The zero-order valence-corrected chi connectivity index (χ0v) is 8.57. The number of aliphatic hydroxyl groups excluding tert-OH is 1. The minimum absolute atomic E-state index is 0.247. The number of benzene rings is 1. The van der Waals surface area contributed by atoms with Gasteiger partial charge >= 0.3 is 5.97 Å². The van der Waals surface area contributed by atoms with Gasteiger partial charge in [0.25, 0.3) is 0 Å². The Kier molecular flexibility index (Phi) is 3.42. The Morgan fingerprint density at radius 3 is 2.73 bits per heavy atom. The van der Waals surface area contributed by atoms with Crippen LogP contribution < -0.4 is 0 Å². The second-order valence-electron chi connectivity index (χ2n) is 3.08. The summed E-state index contributed by atoms with van der Waals surface area (Å²) in [5.74, 6) is -0.542. The fraction of sp³-hybridized carbons (Fsp3) is 0.273. The molecule has 0 radical (unpaired) electrons. The lowest BCUT2D eigenvalue weighted by atomic mass is 9.99. The van der Waals surface area contributed by atoms with Crippen molar-refractivity contribution in [2.45, 2.75) is 13.5 Å². The van der Waals surface area contributed by atoms with Crippen LogP contribution in [0.1, 0.15) is 27.0 Å². The van der Waals surface area contributed by atoms with Gasteiger partial charge in [-0.05, 0) is 30.2 Å². The number of hydrogen-bond acceptors (Lipinski definition) is 4. The highest BCUT2D eigenvalue weighted by Gasteiger charge is 2.14. The van der Waals surface area contributed by atoms with Crippen molar-refractivity contribution in [1.29, 1.82) is 5.26 Å². The molecule has 4 nitrogen and oxygen atoms in total. The summed E-state index contributed by atoms with van der Waals surface area (Å²) in [6.07, 6.45) is 0. The van der Waals surface area contributed by atoms with E-state index in [4.69, 9.17) is 10.4 Å². The second-order valence-corrected chi connectivity index (χ2v) is 3.08. The van der Waals surface area contributed by atoms with Gasteiger partial charge in [0, 0.05) is 0 Å². The van der Waals surface area contributed by atoms with Gasteiger partial charge in [0.05, 0.1) is 30.9 Å². The van der Waals surface area contributed by atoms with Crippen molar-refractivity contribution in [1.82, 2.24) is 0 Å². The van der Waals surface area contributed by atoms with Crippen LogP contribution in [0, 0.1) is 18.3 Å². The second kappa shape index (κ2) is 4.58. The van der Waals surface area contributed by atoms with E-state index < -0.39 is 5.97 Å². The van der Waals surface area contributed by atoms with E-state index >= 15 is 0 Å². The molecule has 0 saturated heterocycles. The molecular weight excluding hydrogens is 194 g/mol. The lowest BCUT2D eigenvalue weighted by molar-refractivity contribution is 0.0597. The first-order chi connectivity index (χ1) is 7.13. The number of nitrogens with zero attached hydrogens (tertiary/aromatic N) is 1. The summed E-state index contributed by atoms with van der Waals surface area (Å²) in [6.45, 7) is 1.49. The molecule has 1 aromatic rings. The van der Waals surface area contributed by atoms with Gasteiger partial charge in [-0.2, -0.15) is 5.26 Å². The molecule has 4 heteroatoms. The van der Waals surface area contributed by atoms with Crippen LogP contribution in [0.15, 0.2) is 12.1 Å². The van der Waals surface area contributed by atoms with E-state index in [0.717, 1.165) is 0 Å². The predicted molar refractivity (Wildman–Crippen MR) is 53.2 cm³/mol. The average Bonchev–Trinajstić information content (AvgIpc) is 2.26. The zero-order chi connectivity index (χ0) is 11.4. The molecule has 0 unspecified atom stereocenters. The van der Waals surface area contributed by atoms with E-state index in [9.17, 15) is 4.79 Å². The van der Waals surface area contributed by atoms with Gasteiger partial charge in [-0.3, -0.25) is 0 Å². The molecule has 0 aliphatic rings. The summed E-state index contributed by atoms with van der Waals surface area (Å²) in [6, 6.07) is 4.99. The highest BCUT2D eigenvalue weighted by molar-refractivity contribution is 5.91. The Morgan fingerprint density at radius 1 is 1.60 bits per heavy atom. The third kappa shape index (κ3) is 2.14. The summed E-state index contributed by atoms with van der Waals surface area (Å²) >= 11 is 0. The molecule has 15 heavy (non-hydrogen) atoms. The molecule has 78 valence electrons. The van der Waals surface area contributed by atoms with E-state index in [0.29, 0.717) is 16.7 Å². The Bertz CT molecular complexity index is 432. The van der Waals surface area contributed by atoms with E-state index in [-0.39, 0.29) is 12.2 Å². The van der Waals surface area contributed by atoms with Crippen molar-refractivity contribution in [3.05, 3.63) is 34.4 Å². The molecule has 0 amide bonds. The number of ether oxygens (including phenoxy) is 1. The minimum atomic E-state index is -0.542. The van der Waals surface area contributed by atoms with Crippen LogP contribution in [0.3, 0.4) is 0 Å². The molecule has 1 aromatic carbocycles. The molecule has 0 bridgehead atoms. The van der Waals surface area contributed by atoms with Crippen LogP contribution >= 0.6 is 0 Å². The fourth-order valence-corrected chi connectivity index (χ4v) is 1.38. The molecule has 0 saturated carbocycles. The first kappa shape index (κ1) is 11.2. The molecule has 0 atom stereocenters. The lowest BCUT2D eigenvalue weighted by Crippen LogP contribution is -2.08. The normalized spacial score (nSPS) is 9.47. The molecular formula is C11H11NO3. The van der Waals surface area contributed by atoms with Crippen molar-refractivity contribution < 1.29 is 14.6 Å². The standard InChI is InChI=1S/C11H11NO3/c1-7-3-8(5-12)4-9(10(7)6-13)11(14)15-2/h3-4,13H,6H2,1-2H3. The quantitative estimate of drug-likeness (QED) is 0.735. The minimum Gasteiger partial charge on any atom is -0.465 e. The monoisotopic (exact) mass is 205 g/mol. The van der Waals surface area contributed by atoms with Crippen LogP contribution in [0.2, 0.25) is 0 Å². The third-order valence-corrected chi connectivity index (χ3v) is 2.17. The number of aliphatic hydroxyl groups is 1. The van der Waals surface area contributed by atoms with Crippen molar-refractivity contribution in [2.24, 2.45) is 0 Å². The molecule has 1 N–H and O–H groups in total. The molecule has 1 rings (SSSR count). The van der Waals surface area contributed by atoms with Gasteiger partial charge in [0.2, 0.25) is 0 Å². The largest absolute Gasteiger partial charge is 0.465 e. The fourth-order valence-electron chi connectivity index (χ4n) is 1.38. The average molecular weight is 205 g/mol. The maximum Gasteiger partial charge on any atom is 0.338 e. The third-order valence-electron chi connectivity index (χ3n) is 2.17. The van der Waals surface area contributed by atoms with E-state index in [1.165, 1.54) is 13.2 Å². The van der Waals surface area contributed by atoms with Gasteiger partial charge in [0.1, 0.15) is 0 Å². The highest BCUT2D eigenvalue weighted by Crippen LogP contribution is 2.18. The van der Waals surface area contributed by atoms with Crippen molar-refractivity contribution >= 4 is 5.97 Å². The maximum absolute atomic E-state index is 11.4. The zero-order valence-electron chi connectivity index (χ0n) is 8.57. The van der Waals surface area contributed by atoms with Gasteiger partial charge < -0.3 is 9.84 Å². The van der Waals surface area contributed by atoms with Gasteiger partial charge in [0.15, 0.2) is 0 Å². The Morgan fingerprint density at radius 2 is 2.27 bits per heavy atom. The van der Waals surface area contributed by atoms with Gasteiger partial charge in [-0.15, -0.1) is 0 Å². The van der Waals surface area contributed by atoms with Crippen LogP contribution in [0.5, 0.6) is 0 Å². The summed E-state index contributed by atoms with van der Waals surface area (Å²) < 4.78 is 4.57. The maximum atomic E-state index is 11.4. The Hall–Kier alpha value is -1.86. The highest BCUT2D eigenvalue weighted by atomic mass is 16.5. The molecule has 0 heterocycles. The Labute approximate surface area is 87.7 Å². The number of carbonyl (C=O) groups is 1. The van der Waals surface area contributed by atoms with Crippen LogP contribution in [-0.4, -0.2) is 18.2 Å². The number of nitriles is 1. The molecule has 0 aliphatic carbocycles. The van der Waals surface area contributed by atoms with E-state index in [1.807, 2.05) is 6.07 Å². The lowest BCUT2D eigenvalue weighted by Gasteiger charge is -2.09. The van der Waals surface area contributed by atoms with Crippen LogP contribution in [-0.2, 0) is 11.3 Å². The van der Waals surface area contributed by atoms with E-state index in [2.05, 4.69) is 4.74 Å². The first-order valence-corrected chi connectivity index (χ1v) is 4.36. The summed E-state index contributed by atoms with van der Waals surface area (Å²) in [4.78, 5) is 11.4. The topological polar surface area (TPSA) is 70.3 Å². The number of rotatable bonds is 2. The molecule has 0 aliphatic heterocycles. The number of methoxy groups -OCH3 is 1. The summed E-state index contributed by atoms with van der Waals surface area (Å²) in [7, 11) is 1.26. The first-order valence-electron chi connectivity index (χ1n) is 4.36. The van der Waals surface area contributed by atoms with Crippen molar-refractivity contribution in [3.63, 3.8) is 0 Å². The van der Waals surface area contributed by atoms with E-state index in [1.54, 1.807) is 13.0 Å². The molecule has 0 aromatic heterocycles. The van der Waals surface area contributed by atoms with Gasteiger partial charge in [-0.25, -0.2) is 4.79 Å². The van der Waals surface area contributed by atoms with Gasteiger partial charge in [-0.1, -0.05) is 0 Å². The smallest absolute Gasteiger partial charge is 0.338 e. The van der Waals surface area contributed by atoms with Crippen molar-refractivity contribution in [3.8, 4) is 6.07 Å². The predicted octanol–water partition coefficient (Wildman–Crippen LogP) is 1.15. The summed E-state index contributed by atoms with van der Waals surface area (Å²) in [5, 5.41) is 17.9. The molecule has 0 spiro atoms. The number of aryl methyl sites for hydroxylation is 1. The number of carbonyl (C=O) groups excluding carboxylic acids is 1. The van der Waals surface area contributed by atoms with Crippen LogP contribution in [0.25, 0.3) is 0 Å². The number of esters is 1. The van der Waals surface area contributed by atoms with Crippen molar-refractivity contribution in [2.75, 3.05) is 7.11 Å². The Balaban J connectivity index is 3.40.